The average Bonchev–Trinajstić information content (AvgIpc) is 3.55. The predicted octanol–water partition coefficient (Wildman–Crippen LogP) is 10.1. The van der Waals surface area contributed by atoms with Crippen LogP contribution >= 0.6 is 11.3 Å². The topological polar surface area (TPSA) is 20.5 Å². The number of benzene rings is 6. The zero-order valence-electron chi connectivity index (χ0n) is 22.5. The van der Waals surface area contributed by atoms with Crippen LogP contribution in [0.5, 0.6) is 0 Å². The van der Waals surface area contributed by atoms with E-state index in [1.165, 1.54) is 64.7 Å². The molecule has 194 valence electrons. The van der Waals surface area contributed by atoms with Crippen molar-refractivity contribution in [3.05, 3.63) is 133 Å². The van der Waals surface area contributed by atoms with Crippen molar-refractivity contribution in [2.24, 2.45) is 4.99 Å². The Balaban J connectivity index is 1.43. The Hall–Kier alpha value is -4.93. The number of para-hydroxylation sites is 1. The van der Waals surface area contributed by atoms with E-state index in [0.29, 0.717) is 0 Å². The molecule has 0 radical (unpaired) electrons. The molecule has 1 atom stereocenters. The largest absolute Gasteiger partial charge is 0.358 e. The van der Waals surface area contributed by atoms with Crippen molar-refractivity contribution >= 4 is 81.3 Å². The lowest BCUT2D eigenvalue weighted by Crippen LogP contribution is -2.36. The van der Waals surface area contributed by atoms with Gasteiger partial charge in [-0.25, -0.2) is 4.99 Å². The predicted molar refractivity (Wildman–Crippen MR) is 176 cm³/mol. The van der Waals surface area contributed by atoms with Gasteiger partial charge >= 0.3 is 0 Å². The molecule has 8 aromatic rings. The van der Waals surface area contributed by atoms with Crippen LogP contribution in [-0.2, 0) is 0 Å². The Morgan fingerprint density at radius 3 is 2.10 bits per heavy atom. The monoisotopic (exact) mass is 543 g/mol. The molecule has 0 amide bonds. The second-order valence-corrected chi connectivity index (χ2v) is 11.9. The molecule has 3 nitrogen and oxygen atoms in total. The zero-order chi connectivity index (χ0) is 27.1. The number of nitrogens with zero attached hydrogens (tertiary/aromatic N) is 3. The minimum Gasteiger partial charge on any atom is -0.358 e. The van der Waals surface area contributed by atoms with Crippen LogP contribution < -0.4 is 4.90 Å². The molecule has 4 heteroatoms. The highest BCUT2D eigenvalue weighted by molar-refractivity contribution is 7.23. The number of aliphatic imine (C=N–C) groups is 1. The lowest BCUT2D eigenvalue weighted by atomic mass is 9.95. The fourth-order valence-electron chi connectivity index (χ4n) is 6.81. The maximum atomic E-state index is 5.58. The first-order valence-electron chi connectivity index (χ1n) is 14.0. The van der Waals surface area contributed by atoms with Crippen LogP contribution in [0.3, 0.4) is 0 Å². The molecule has 1 unspecified atom stereocenters. The number of aromatic nitrogens is 1. The van der Waals surface area contributed by atoms with Crippen LogP contribution in [0.15, 0.2) is 132 Å². The first-order valence-corrected chi connectivity index (χ1v) is 14.8. The summed E-state index contributed by atoms with van der Waals surface area (Å²) in [5.41, 5.74) is 4.84. The van der Waals surface area contributed by atoms with E-state index in [9.17, 15) is 0 Å². The van der Waals surface area contributed by atoms with Crippen LogP contribution in [0.2, 0.25) is 0 Å². The fraction of sp³-hybridized carbons (Fsp3) is 0.0541. The molecule has 0 aliphatic carbocycles. The van der Waals surface area contributed by atoms with Gasteiger partial charge in [0.2, 0.25) is 0 Å². The van der Waals surface area contributed by atoms with Gasteiger partial charge in [0, 0.05) is 27.9 Å². The Bertz CT molecular complexity index is 2350. The molecule has 9 rings (SSSR count). The van der Waals surface area contributed by atoms with Crippen LogP contribution in [0.25, 0.3) is 53.4 Å². The summed E-state index contributed by atoms with van der Waals surface area (Å²) < 4.78 is 3.69. The molecule has 2 aromatic heterocycles. The number of fused-ring (bicyclic) bond motifs is 8. The molecule has 6 aromatic carbocycles. The van der Waals surface area contributed by atoms with Crippen LogP contribution in [0.1, 0.15) is 11.6 Å². The molecule has 1 aliphatic heterocycles. The van der Waals surface area contributed by atoms with E-state index in [4.69, 9.17) is 4.99 Å². The third-order valence-corrected chi connectivity index (χ3v) is 9.69. The van der Waals surface area contributed by atoms with Gasteiger partial charge in [0.1, 0.15) is 16.9 Å². The normalized spacial score (nSPS) is 15.3. The molecule has 0 spiro atoms. The van der Waals surface area contributed by atoms with Gasteiger partial charge in [0.25, 0.3) is 0 Å². The molecule has 0 fully saturated rings. The molecule has 41 heavy (non-hydrogen) atoms. The lowest BCUT2D eigenvalue weighted by Gasteiger charge is -2.36. The molecule has 0 saturated heterocycles. The minimum absolute atomic E-state index is 0.0860. The summed E-state index contributed by atoms with van der Waals surface area (Å²) in [5.74, 6) is 1.03. The third kappa shape index (κ3) is 3.22. The first-order chi connectivity index (χ1) is 20.3. The van der Waals surface area contributed by atoms with Crippen molar-refractivity contribution in [3.63, 3.8) is 0 Å². The van der Waals surface area contributed by atoms with Gasteiger partial charge < -0.3 is 4.90 Å². The summed E-state index contributed by atoms with van der Waals surface area (Å²) in [7, 11) is 2.24. The SMILES string of the molecule is CN1c2c(sc3ccccc23)N=C(n2c3ccccc3c3cc4ccccc4cc32)C1c1cccc2ccccc12. The molecule has 0 saturated carbocycles. The van der Waals surface area contributed by atoms with E-state index in [2.05, 4.69) is 144 Å². The molecule has 0 bridgehead atoms. The van der Waals surface area contributed by atoms with Crippen molar-refractivity contribution in [1.29, 1.82) is 0 Å². The van der Waals surface area contributed by atoms with Gasteiger partial charge in [-0.15, -0.1) is 11.3 Å². The Kier molecular flexibility index (Phi) is 4.75. The highest BCUT2D eigenvalue weighted by Crippen LogP contribution is 2.51. The second kappa shape index (κ2) is 8.53. The molecule has 3 heterocycles. The van der Waals surface area contributed by atoms with Gasteiger partial charge in [-0.1, -0.05) is 103 Å². The number of thiophene rings is 1. The summed E-state index contributed by atoms with van der Waals surface area (Å²) in [5, 5.41) is 9.81. The number of rotatable bonds is 1. The zero-order valence-corrected chi connectivity index (χ0v) is 23.3. The van der Waals surface area contributed by atoms with Gasteiger partial charge in [-0.05, 0) is 51.4 Å². The van der Waals surface area contributed by atoms with Crippen molar-refractivity contribution in [2.75, 3.05) is 11.9 Å². The summed E-state index contributed by atoms with van der Waals surface area (Å²) >= 11 is 1.78. The summed E-state index contributed by atoms with van der Waals surface area (Å²) in [4.78, 5) is 8.04. The molecule has 0 N–H and O–H groups in total. The quantitative estimate of drug-likeness (QED) is 0.202. The fourth-order valence-corrected chi connectivity index (χ4v) is 7.93. The van der Waals surface area contributed by atoms with E-state index in [1.807, 2.05) is 0 Å². The highest BCUT2D eigenvalue weighted by Gasteiger charge is 2.35. The van der Waals surface area contributed by atoms with Crippen molar-refractivity contribution in [3.8, 4) is 0 Å². The van der Waals surface area contributed by atoms with Crippen LogP contribution in [0, 0.1) is 0 Å². The summed E-state index contributed by atoms with van der Waals surface area (Å²) in [6.45, 7) is 0. The van der Waals surface area contributed by atoms with Gasteiger partial charge in [-0.2, -0.15) is 0 Å². The molecule has 1 aliphatic rings. The van der Waals surface area contributed by atoms with Gasteiger partial charge in [-0.3, -0.25) is 4.57 Å². The minimum atomic E-state index is -0.0860. The maximum Gasteiger partial charge on any atom is 0.142 e. The smallest absolute Gasteiger partial charge is 0.142 e. The number of anilines is 1. The Morgan fingerprint density at radius 2 is 1.24 bits per heavy atom. The first kappa shape index (κ1) is 22.8. The van der Waals surface area contributed by atoms with Gasteiger partial charge in [0.15, 0.2) is 0 Å². The van der Waals surface area contributed by atoms with E-state index < -0.39 is 0 Å². The van der Waals surface area contributed by atoms with Crippen molar-refractivity contribution < 1.29 is 0 Å². The van der Waals surface area contributed by atoms with Crippen molar-refractivity contribution in [1.82, 2.24) is 4.57 Å². The maximum absolute atomic E-state index is 5.58. The number of likely N-dealkylation sites (N-methyl/N-ethyl adjacent to an activating group) is 1. The van der Waals surface area contributed by atoms with Crippen LogP contribution in [0.4, 0.5) is 10.7 Å². The highest BCUT2D eigenvalue weighted by atomic mass is 32.1. The Morgan fingerprint density at radius 1 is 0.585 bits per heavy atom. The lowest BCUT2D eigenvalue weighted by molar-refractivity contribution is 0.824. The molecular weight excluding hydrogens is 518 g/mol. The average molecular weight is 544 g/mol. The standard InChI is InChI=1S/C37H25N3S/c1-39-34(28-18-10-14-23-11-4-5-15-26(23)28)36(38-37-35(39)29-17-7-9-20-33(29)41-37)40-31-19-8-6-16-27(31)30-21-24-12-2-3-13-25(24)22-32(30)40/h2-22,34H,1H3. The van der Waals surface area contributed by atoms with E-state index in [1.54, 1.807) is 11.3 Å². The summed E-state index contributed by atoms with van der Waals surface area (Å²) in [6.07, 6.45) is 0. The van der Waals surface area contributed by atoms with E-state index in [-0.39, 0.29) is 6.04 Å². The van der Waals surface area contributed by atoms with Gasteiger partial charge in [0.05, 0.1) is 16.7 Å². The van der Waals surface area contributed by atoms with E-state index in [0.717, 1.165) is 10.8 Å². The van der Waals surface area contributed by atoms with Crippen LogP contribution in [-0.4, -0.2) is 17.5 Å². The second-order valence-electron chi connectivity index (χ2n) is 10.9. The Labute approximate surface area is 241 Å². The number of hydrogen-bond donors (Lipinski definition) is 0. The third-order valence-electron chi connectivity index (χ3n) is 8.64. The number of hydrogen-bond acceptors (Lipinski definition) is 3. The molecular formula is C37H25N3S. The van der Waals surface area contributed by atoms with E-state index >= 15 is 0 Å². The van der Waals surface area contributed by atoms with Crippen molar-refractivity contribution in [2.45, 2.75) is 6.04 Å². The summed E-state index contributed by atoms with van der Waals surface area (Å²) in [6, 6.07) is 46.1.